The van der Waals surface area contributed by atoms with Crippen molar-refractivity contribution >= 4 is 33.4 Å². The van der Waals surface area contributed by atoms with Crippen molar-refractivity contribution in [2.24, 2.45) is 0 Å². The number of rotatable bonds is 14. The molecule has 2 N–H and O–H groups in total. The van der Waals surface area contributed by atoms with Crippen molar-refractivity contribution in [1.82, 2.24) is 10.6 Å². The Morgan fingerprint density at radius 1 is 0.500 bits per heavy atom. The van der Waals surface area contributed by atoms with Crippen molar-refractivity contribution in [3.63, 3.8) is 0 Å². The lowest BCUT2D eigenvalue weighted by Crippen LogP contribution is -2.24. The Morgan fingerprint density at radius 2 is 0.891 bits per heavy atom. The summed E-state index contributed by atoms with van der Waals surface area (Å²) in [4.78, 5) is 24.9. The van der Waals surface area contributed by atoms with Gasteiger partial charge < -0.3 is 10.6 Å². The van der Waals surface area contributed by atoms with E-state index in [1.165, 1.54) is 32.7 Å². The standard InChI is InChI=1S/C42H48N2O2/c1-41(2,23-11-17-39(45)43-29-31-13-7-5-8-14-31)37-21-19-33-25-34-20-22-38(28-36(34)26-35(33)27-37)42(3,4)24-12-18-40(46)44-30-32-15-9-6-10-16-32/h5-10,13-16,19-22,25-28H,11-12,17-18,23-24,29-30H2,1-4H3,(H,43,45)(H,44,46). The number of fused-ring (bicyclic) bond motifs is 2. The number of carbonyl (C=O) groups excluding carboxylic acids is 2. The molecule has 0 heterocycles. The lowest BCUT2D eigenvalue weighted by atomic mass is 9.78. The Morgan fingerprint density at radius 3 is 1.30 bits per heavy atom. The van der Waals surface area contributed by atoms with E-state index in [2.05, 4.69) is 86.9 Å². The predicted octanol–water partition coefficient (Wildman–Crippen LogP) is 9.52. The molecule has 0 saturated carbocycles. The molecule has 0 unspecified atom stereocenters. The van der Waals surface area contributed by atoms with Crippen molar-refractivity contribution in [2.45, 2.75) is 90.1 Å². The van der Waals surface area contributed by atoms with Crippen molar-refractivity contribution in [3.8, 4) is 0 Å². The van der Waals surface area contributed by atoms with Crippen molar-refractivity contribution in [2.75, 3.05) is 0 Å². The molecule has 0 fully saturated rings. The van der Waals surface area contributed by atoms with Crippen LogP contribution in [0.1, 0.15) is 88.5 Å². The number of hydrogen-bond donors (Lipinski definition) is 2. The zero-order chi connectivity index (χ0) is 32.6. The van der Waals surface area contributed by atoms with Crippen molar-refractivity contribution in [1.29, 1.82) is 0 Å². The highest BCUT2D eigenvalue weighted by atomic mass is 16.2. The smallest absolute Gasteiger partial charge is 0.220 e. The summed E-state index contributed by atoms with van der Waals surface area (Å²) in [6.07, 6.45) is 4.63. The van der Waals surface area contributed by atoms with Crippen molar-refractivity contribution < 1.29 is 9.59 Å². The third-order valence-corrected chi connectivity index (χ3v) is 9.43. The zero-order valence-electron chi connectivity index (χ0n) is 27.9. The quantitative estimate of drug-likeness (QED) is 0.123. The van der Waals surface area contributed by atoms with Gasteiger partial charge in [0.2, 0.25) is 11.8 Å². The van der Waals surface area contributed by atoms with Crippen LogP contribution in [0.15, 0.2) is 109 Å². The minimum Gasteiger partial charge on any atom is -0.352 e. The van der Waals surface area contributed by atoms with E-state index in [9.17, 15) is 9.59 Å². The average molecular weight is 613 g/mol. The molecule has 0 atom stereocenters. The highest BCUT2D eigenvalue weighted by molar-refractivity contribution is 5.98. The molecule has 5 aromatic rings. The van der Waals surface area contributed by atoms with Gasteiger partial charge in [-0.3, -0.25) is 9.59 Å². The van der Waals surface area contributed by atoms with Crippen LogP contribution >= 0.6 is 0 Å². The first-order valence-corrected chi connectivity index (χ1v) is 16.7. The normalized spacial score (nSPS) is 11.9. The van der Waals surface area contributed by atoms with Gasteiger partial charge in [-0.25, -0.2) is 0 Å². The van der Waals surface area contributed by atoms with Gasteiger partial charge in [-0.15, -0.1) is 0 Å². The summed E-state index contributed by atoms with van der Waals surface area (Å²) >= 11 is 0. The Kier molecular flexibility index (Phi) is 10.6. The minimum atomic E-state index is -0.0416. The third-order valence-electron chi connectivity index (χ3n) is 9.43. The molecule has 0 aromatic heterocycles. The fourth-order valence-corrected chi connectivity index (χ4v) is 6.28. The maximum Gasteiger partial charge on any atom is 0.220 e. The van der Waals surface area contributed by atoms with Crippen LogP contribution in [0.5, 0.6) is 0 Å². The first-order chi connectivity index (χ1) is 22.1. The van der Waals surface area contributed by atoms with Gasteiger partial charge in [0.15, 0.2) is 0 Å². The molecule has 0 radical (unpaired) electrons. The van der Waals surface area contributed by atoms with Crippen LogP contribution in [0, 0.1) is 0 Å². The number of amides is 2. The average Bonchev–Trinajstić information content (AvgIpc) is 3.05. The Hall–Kier alpha value is -4.44. The molecule has 0 bridgehead atoms. The molecular weight excluding hydrogens is 564 g/mol. The van der Waals surface area contributed by atoms with Gasteiger partial charge in [0.25, 0.3) is 0 Å². The van der Waals surface area contributed by atoms with E-state index in [0.717, 1.165) is 36.8 Å². The second-order valence-electron chi connectivity index (χ2n) is 14.0. The summed E-state index contributed by atoms with van der Waals surface area (Å²) in [7, 11) is 0. The van der Waals surface area contributed by atoms with Crippen LogP contribution in [0.25, 0.3) is 21.5 Å². The third kappa shape index (κ3) is 8.84. The summed E-state index contributed by atoms with van der Waals surface area (Å²) in [5, 5.41) is 11.1. The van der Waals surface area contributed by atoms with Crippen LogP contribution in [0.2, 0.25) is 0 Å². The molecule has 4 nitrogen and oxygen atoms in total. The maximum atomic E-state index is 12.5. The minimum absolute atomic E-state index is 0.0416. The molecule has 0 aliphatic heterocycles. The highest BCUT2D eigenvalue weighted by Crippen LogP contribution is 2.35. The van der Waals surface area contributed by atoms with Crippen LogP contribution in [0.3, 0.4) is 0 Å². The van der Waals surface area contributed by atoms with E-state index in [-0.39, 0.29) is 22.6 Å². The number of carbonyl (C=O) groups is 2. The second-order valence-corrected chi connectivity index (χ2v) is 14.0. The molecule has 238 valence electrons. The predicted molar refractivity (Wildman–Crippen MR) is 192 cm³/mol. The zero-order valence-corrected chi connectivity index (χ0v) is 27.9. The van der Waals surface area contributed by atoms with Gasteiger partial charge in [-0.05, 0) is 92.4 Å². The van der Waals surface area contributed by atoms with Crippen LogP contribution in [0.4, 0.5) is 0 Å². The molecule has 0 aliphatic rings. The highest BCUT2D eigenvalue weighted by Gasteiger charge is 2.23. The topological polar surface area (TPSA) is 58.2 Å². The first-order valence-electron chi connectivity index (χ1n) is 16.7. The molecule has 2 amide bonds. The Bertz CT molecular complexity index is 1650. The Balaban J connectivity index is 1.18. The van der Waals surface area contributed by atoms with Crippen LogP contribution in [-0.2, 0) is 33.5 Å². The van der Waals surface area contributed by atoms with Gasteiger partial charge in [0.1, 0.15) is 0 Å². The summed E-state index contributed by atoms with van der Waals surface area (Å²) in [6.45, 7) is 10.3. The molecule has 5 aromatic carbocycles. The first kappa shape index (κ1) is 32.9. The van der Waals surface area contributed by atoms with E-state index in [4.69, 9.17) is 0 Å². The molecule has 0 saturated heterocycles. The molecule has 0 spiro atoms. The molecule has 4 heteroatoms. The largest absolute Gasteiger partial charge is 0.352 e. The summed E-state index contributed by atoms with van der Waals surface area (Å²) in [6, 6.07) is 38.3. The van der Waals surface area contributed by atoms with E-state index in [1.807, 2.05) is 60.7 Å². The fourth-order valence-electron chi connectivity index (χ4n) is 6.28. The van der Waals surface area contributed by atoms with E-state index in [1.54, 1.807) is 0 Å². The fraction of sp³-hybridized carbons (Fsp3) is 0.333. The monoisotopic (exact) mass is 612 g/mol. The van der Waals surface area contributed by atoms with Crippen LogP contribution in [-0.4, -0.2) is 11.8 Å². The molecule has 46 heavy (non-hydrogen) atoms. The lowest BCUT2D eigenvalue weighted by Gasteiger charge is -2.26. The van der Waals surface area contributed by atoms with Crippen LogP contribution < -0.4 is 10.6 Å². The Labute approximate surface area is 274 Å². The van der Waals surface area contributed by atoms with Gasteiger partial charge in [-0.1, -0.05) is 125 Å². The summed E-state index contributed by atoms with van der Waals surface area (Å²) in [5.74, 6) is 0.212. The van der Waals surface area contributed by atoms with Crippen molar-refractivity contribution in [3.05, 3.63) is 131 Å². The lowest BCUT2D eigenvalue weighted by molar-refractivity contribution is -0.122. The second kappa shape index (κ2) is 14.8. The SMILES string of the molecule is CC(C)(CCCC(=O)NCc1ccccc1)c1ccc2cc3ccc(C(C)(C)CCCC(=O)NCc4ccccc4)cc3cc2c1. The van der Waals surface area contributed by atoms with Gasteiger partial charge in [0.05, 0.1) is 0 Å². The van der Waals surface area contributed by atoms with Gasteiger partial charge in [-0.2, -0.15) is 0 Å². The van der Waals surface area contributed by atoms with Gasteiger partial charge >= 0.3 is 0 Å². The molecule has 5 rings (SSSR count). The number of hydrogen-bond acceptors (Lipinski definition) is 2. The number of benzene rings is 5. The van der Waals surface area contributed by atoms with Gasteiger partial charge in [0, 0.05) is 25.9 Å². The molecular formula is C42H48N2O2. The van der Waals surface area contributed by atoms with E-state index < -0.39 is 0 Å². The van der Waals surface area contributed by atoms with E-state index in [0.29, 0.717) is 25.9 Å². The maximum absolute atomic E-state index is 12.5. The van der Waals surface area contributed by atoms with E-state index >= 15 is 0 Å². The summed E-state index contributed by atoms with van der Waals surface area (Å²) in [5.41, 5.74) is 4.75. The molecule has 0 aliphatic carbocycles. The summed E-state index contributed by atoms with van der Waals surface area (Å²) < 4.78 is 0. The number of nitrogens with one attached hydrogen (secondary N) is 2.